The molecule has 0 aliphatic carbocycles. The van der Waals surface area contributed by atoms with Gasteiger partial charge in [0.25, 0.3) is 0 Å². The molecule has 0 saturated carbocycles. The summed E-state index contributed by atoms with van der Waals surface area (Å²) in [6.07, 6.45) is 2.41. The van der Waals surface area contributed by atoms with E-state index in [2.05, 4.69) is 58.0 Å². The Morgan fingerprint density at radius 2 is 1.93 bits per heavy atom. The summed E-state index contributed by atoms with van der Waals surface area (Å²) in [7, 11) is 3.61. The van der Waals surface area contributed by atoms with E-state index in [1.54, 1.807) is 7.05 Å². The third kappa shape index (κ3) is 5.01. The highest BCUT2D eigenvalue weighted by atomic mass is 16.2. The topological polar surface area (TPSA) is 64.7 Å². The number of nitrogens with zero attached hydrogens (tertiary/aromatic N) is 2. The van der Waals surface area contributed by atoms with E-state index in [1.165, 1.54) is 16.3 Å². The smallest absolute Gasteiger partial charge is 0.314 e. The second-order valence-corrected chi connectivity index (χ2v) is 7.40. The summed E-state index contributed by atoms with van der Waals surface area (Å²) in [6.45, 7) is 2.99. The van der Waals surface area contributed by atoms with E-state index >= 15 is 0 Å². The van der Waals surface area contributed by atoms with Crippen molar-refractivity contribution < 1.29 is 9.59 Å². The maximum Gasteiger partial charge on any atom is 0.314 e. The summed E-state index contributed by atoms with van der Waals surface area (Å²) in [5.74, 6) is 0.203. The Balaban J connectivity index is 1.53. The molecule has 0 radical (unpaired) electrons. The lowest BCUT2D eigenvalue weighted by atomic mass is 10.0. The van der Waals surface area contributed by atoms with Gasteiger partial charge in [0.2, 0.25) is 5.91 Å². The molecule has 1 aliphatic heterocycles. The number of hydrogen-bond acceptors (Lipinski definition) is 3. The zero-order valence-electron chi connectivity index (χ0n) is 16.8. The molecule has 6 nitrogen and oxygen atoms in total. The van der Waals surface area contributed by atoms with Crippen molar-refractivity contribution >= 4 is 22.7 Å². The third-order valence-electron chi connectivity index (χ3n) is 5.50. The molecule has 1 fully saturated rings. The largest absolute Gasteiger partial charge is 0.341 e. The van der Waals surface area contributed by atoms with Crippen LogP contribution >= 0.6 is 0 Å². The summed E-state index contributed by atoms with van der Waals surface area (Å²) in [5, 5.41) is 7.80. The molecule has 0 spiro atoms. The molecular weight excluding hydrogens is 352 g/mol. The first-order valence-electron chi connectivity index (χ1n) is 10.0. The molecule has 3 rings (SSSR count). The van der Waals surface area contributed by atoms with Gasteiger partial charge in [0, 0.05) is 33.2 Å². The van der Waals surface area contributed by atoms with Crippen molar-refractivity contribution in [3.63, 3.8) is 0 Å². The highest BCUT2D eigenvalue weighted by Crippen LogP contribution is 2.18. The van der Waals surface area contributed by atoms with Gasteiger partial charge in [-0.25, -0.2) is 4.79 Å². The molecule has 1 atom stereocenters. The summed E-state index contributed by atoms with van der Waals surface area (Å²) >= 11 is 0. The number of urea groups is 1. The van der Waals surface area contributed by atoms with Crippen LogP contribution in [0.15, 0.2) is 42.5 Å². The molecule has 1 saturated heterocycles. The number of piperazine rings is 1. The van der Waals surface area contributed by atoms with Crippen molar-refractivity contribution in [2.24, 2.45) is 0 Å². The summed E-state index contributed by atoms with van der Waals surface area (Å²) in [6, 6.07) is 14.6. The van der Waals surface area contributed by atoms with E-state index in [0.717, 1.165) is 38.9 Å². The first-order valence-corrected chi connectivity index (χ1v) is 10.0. The van der Waals surface area contributed by atoms with Gasteiger partial charge in [0.15, 0.2) is 0 Å². The molecular formula is C22H30N4O2. The van der Waals surface area contributed by atoms with Gasteiger partial charge in [-0.3, -0.25) is 9.69 Å². The Labute approximate surface area is 166 Å². The summed E-state index contributed by atoms with van der Waals surface area (Å²) < 4.78 is 0. The van der Waals surface area contributed by atoms with Gasteiger partial charge in [0.1, 0.15) is 0 Å². The number of hydrogen-bond donors (Lipinski definition) is 2. The van der Waals surface area contributed by atoms with Crippen LogP contribution in [0.25, 0.3) is 10.8 Å². The fraction of sp³-hybridized carbons (Fsp3) is 0.455. The lowest BCUT2D eigenvalue weighted by Gasteiger charge is -2.39. The second kappa shape index (κ2) is 9.55. The molecule has 2 aromatic rings. The van der Waals surface area contributed by atoms with Gasteiger partial charge in [-0.2, -0.15) is 0 Å². The zero-order valence-corrected chi connectivity index (χ0v) is 16.8. The van der Waals surface area contributed by atoms with Gasteiger partial charge >= 0.3 is 6.03 Å². The first-order chi connectivity index (χ1) is 13.6. The van der Waals surface area contributed by atoms with Crippen LogP contribution in [0.2, 0.25) is 0 Å². The standard InChI is InChI=1S/C22H30N4O2/c1-23-22(28)24-12-5-8-20-21(27)26(15-14-25(20)2)13-11-17-9-10-18-6-3-4-7-19(18)16-17/h3-4,6-7,9-10,16,20H,5,8,11-15H2,1-2H3,(H2,23,24,28)/t20-/m0/s1. The molecule has 0 aromatic heterocycles. The van der Waals surface area contributed by atoms with Gasteiger partial charge < -0.3 is 15.5 Å². The molecule has 3 amide bonds. The maximum absolute atomic E-state index is 12.9. The normalized spacial score (nSPS) is 17.7. The quantitative estimate of drug-likeness (QED) is 0.722. The van der Waals surface area contributed by atoms with Crippen LogP contribution in [-0.2, 0) is 11.2 Å². The Hall–Kier alpha value is -2.60. The summed E-state index contributed by atoms with van der Waals surface area (Å²) in [5.41, 5.74) is 1.26. The summed E-state index contributed by atoms with van der Waals surface area (Å²) in [4.78, 5) is 28.3. The van der Waals surface area contributed by atoms with Crippen molar-refractivity contribution in [1.29, 1.82) is 0 Å². The first kappa shape index (κ1) is 20.1. The Morgan fingerprint density at radius 1 is 1.14 bits per heavy atom. The van der Waals surface area contributed by atoms with Crippen molar-refractivity contribution in [2.45, 2.75) is 25.3 Å². The Morgan fingerprint density at radius 3 is 2.71 bits per heavy atom. The molecule has 0 bridgehead atoms. The number of amides is 3. The number of rotatable bonds is 7. The number of benzene rings is 2. The van der Waals surface area contributed by atoms with Crippen LogP contribution in [0.1, 0.15) is 18.4 Å². The van der Waals surface area contributed by atoms with E-state index in [4.69, 9.17) is 0 Å². The minimum Gasteiger partial charge on any atom is -0.341 e. The molecule has 1 aliphatic rings. The molecule has 2 aromatic carbocycles. The van der Waals surface area contributed by atoms with E-state index in [1.807, 2.05) is 11.9 Å². The van der Waals surface area contributed by atoms with Crippen molar-refractivity contribution in [3.8, 4) is 0 Å². The number of fused-ring (bicyclic) bond motifs is 1. The van der Waals surface area contributed by atoms with Crippen LogP contribution in [0.3, 0.4) is 0 Å². The zero-order chi connectivity index (χ0) is 19.9. The van der Waals surface area contributed by atoms with E-state index in [-0.39, 0.29) is 18.0 Å². The molecule has 1 heterocycles. The highest BCUT2D eigenvalue weighted by molar-refractivity contribution is 5.83. The predicted octanol–water partition coefficient (Wildman–Crippen LogP) is 2.23. The van der Waals surface area contributed by atoms with Crippen LogP contribution in [0.4, 0.5) is 4.79 Å². The number of likely N-dealkylation sites (N-methyl/N-ethyl adjacent to an activating group) is 1. The number of carbonyl (C=O) groups excluding carboxylic acids is 2. The van der Waals surface area contributed by atoms with Crippen LogP contribution in [-0.4, -0.2) is 68.1 Å². The van der Waals surface area contributed by atoms with Gasteiger partial charge in [0.05, 0.1) is 6.04 Å². The van der Waals surface area contributed by atoms with E-state index in [9.17, 15) is 9.59 Å². The number of nitrogens with one attached hydrogen (secondary N) is 2. The number of carbonyl (C=O) groups is 2. The molecule has 2 N–H and O–H groups in total. The Kier molecular flexibility index (Phi) is 6.87. The fourth-order valence-electron chi connectivity index (χ4n) is 3.75. The van der Waals surface area contributed by atoms with E-state index < -0.39 is 0 Å². The van der Waals surface area contributed by atoms with E-state index in [0.29, 0.717) is 6.54 Å². The lowest BCUT2D eigenvalue weighted by molar-refractivity contribution is -0.141. The average molecular weight is 383 g/mol. The third-order valence-corrected chi connectivity index (χ3v) is 5.50. The minimum atomic E-state index is -0.180. The average Bonchev–Trinajstić information content (AvgIpc) is 2.72. The van der Waals surface area contributed by atoms with Crippen LogP contribution in [0.5, 0.6) is 0 Å². The monoisotopic (exact) mass is 382 g/mol. The van der Waals surface area contributed by atoms with Crippen LogP contribution in [0, 0.1) is 0 Å². The molecule has 0 unspecified atom stereocenters. The molecule has 150 valence electrons. The fourth-order valence-corrected chi connectivity index (χ4v) is 3.75. The van der Waals surface area contributed by atoms with Crippen LogP contribution < -0.4 is 10.6 Å². The SMILES string of the molecule is CNC(=O)NCCC[C@H]1C(=O)N(CCc2ccc3ccccc3c2)CCN1C. The Bertz CT molecular complexity index is 823. The maximum atomic E-state index is 12.9. The van der Waals surface area contributed by atoms with Crippen molar-refractivity contribution in [1.82, 2.24) is 20.4 Å². The minimum absolute atomic E-state index is 0.100. The lowest BCUT2D eigenvalue weighted by Crippen LogP contribution is -2.56. The molecule has 6 heteroatoms. The molecule has 28 heavy (non-hydrogen) atoms. The second-order valence-electron chi connectivity index (χ2n) is 7.40. The van der Waals surface area contributed by atoms with Gasteiger partial charge in [-0.05, 0) is 42.6 Å². The van der Waals surface area contributed by atoms with Crippen molar-refractivity contribution in [3.05, 3.63) is 48.0 Å². The predicted molar refractivity (Wildman–Crippen MR) is 112 cm³/mol. The van der Waals surface area contributed by atoms with Gasteiger partial charge in [-0.15, -0.1) is 0 Å². The van der Waals surface area contributed by atoms with Crippen molar-refractivity contribution in [2.75, 3.05) is 40.3 Å². The highest BCUT2D eigenvalue weighted by Gasteiger charge is 2.31. The van der Waals surface area contributed by atoms with Gasteiger partial charge in [-0.1, -0.05) is 42.5 Å².